The number of hydrogen-bond donors (Lipinski definition) is 0. The quantitative estimate of drug-likeness (QED) is 0.511. The van der Waals surface area contributed by atoms with Gasteiger partial charge < -0.3 is 4.55 Å². The second-order valence-electron chi connectivity index (χ2n) is 2.18. The second kappa shape index (κ2) is 6.27. The van der Waals surface area contributed by atoms with E-state index in [9.17, 15) is 13.2 Å². The van der Waals surface area contributed by atoms with Crippen molar-refractivity contribution in [1.82, 2.24) is 0 Å². The fourth-order valence-corrected chi connectivity index (χ4v) is 1.95. The van der Waals surface area contributed by atoms with E-state index in [1.807, 2.05) is 0 Å². The van der Waals surface area contributed by atoms with E-state index in [-0.39, 0.29) is 41.1 Å². The van der Waals surface area contributed by atoms with Crippen LogP contribution in [0.3, 0.4) is 0 Å². The van der Waals surface area contributed by atoms with Gasteiger partial charge in [0.05, 0.1) is 0 Å². The average molecular weight is 275 g/mol. The van der Waals surface area contributed by atoms with E-state index in [2.05, 4.69) is 15.9 Å². The summed E-state index contributed by atoms with van der Waals surface area (Å²) in [6.45, 7) is 0. The molecule has 1 rings (SSSR count). The Hall–Kier alpha value is 0.740. The van der Waals surface area contributed by atoms with E-state index in [0.29, 0.717) is 10.0 Å². The summed E-state index contributed by atoms with van der Waals surface area (Å²) in [6, 6.07) is 3.91. The van der Waals surface area contributed by atoms with Crippen LogP contribution in [0.2, 0.25) is 0 Å². The summed E-state index contributed by atoms with van der Waals surface area (Å²) >= 11 is 0.926. The van der Waals surface area contributed by atoms with Crippen LogP contribution < -0.4 is 29.6 Å². The van der Waals surface area contributed by atoms with Crippen LogP contribution in [0.4, 0.5) is 4.39 Å². The molecule has 1 atom stereocenters. The van der Waals surface area contributed by atoms with Gasteiger partial charge in [-0.1, -0.05) is 33.1 Å². The van der Waals surface area contributed by atoms with Gasteiger partial charge in [0.25, 0.3) is 0 Å². The molecule has 66 valence electrons. The molecule has 0 radical (unpaired) electrons. The summed E-state index contributed by atoms with van der Waals surface area (Å²) in [5.41, 5.74) is 0.560. The summed E-state index contributed by atoms with van der Waals surface area (Å²) < 4.78 is 33.6. The van der Waals surface area contributed by atoms with Gasteiger partial charge in [-0.15, -0.1) is 0 Å². The molecule has 1 aromatic rings. The summed E-state index contributed by atoms with van der Waals surface area (Å²) in [4.78, 5) is 0. The van der Waals surface area contributed by atoms with Gasteiger partial charge >= 0.3 is 29.6 Å². The minimum Gasteiger partial charge on any atom is -0.772 e. The molecule has 0 aliphatic heterocycles. The van der Waals surface area contributed by atoms with Crippen LogP contribution in [0, 0.1) is 5.82 Å². The first-order chi connectivity index (χ1) is 5.59. The molecule has 0 spiro atoms. The molecule has 6 heteroatoms. The third kappa shape index (κ3) is 4.67. The molecule has 0 aliphatic rings. The van der Waals surface area contributed by atoms with Crippen molar-refractivity contribution in [3.8, 4) is 0 Å². The number of benzene rings is 1. The number of halogens is 2. The molecule has 0 aliphatic carbocycles. The Bertz CT molecular complexity index is 321. The molecule has 1 aromatic carbocycles. The molecule has 2 nitrogen and oxygen atoms in total. The normalized spacial score (nSPS) is 11.9. The van der Waals surface area contributed by atoms with E-state index >= 15 is 0 Å². The zero-order valence-electron chi connectivity index (χ0n) is 6.92. The Morgan fingerprint density at radius 3 is 2.62 bits per heavy atom. The van der Waals surface area contributed by atoms with Gasteiger partial charge in [-0.05, 0) is 17.7 Å². The van der Waals surface area contributed by atoms with Crippen molar-refractivity contribution in [2.45, 2.75) is 5.75 Å². The third-order valence-corrected chi connectivity index (χ3v) is 2.57. The minimum atomic E-state index is -2.14. The Morgan fingerprint density at radius 2 is 2.15 bits per heavy atom. The molecule has 0 aromatic heterocycles. The maximum atomic E-state index is 12.5. The van der Waals surface area contributed by atoms with E-state index in [1.165, 1.54) is 18.2 Å². The fraction of sp³-hybridized carbons (Fsp3) is 0.143. The maximum absolute atomic E-state index is 12.5. The van der Waals surface area contributed by atoms with E-state index in [0.717, 1.165) is 0 Å². The molecule has 0 heterocycles. The van der Waals surface area contributed by atoms with E-state index in [1.54, 1.807) is 0 Å². The zero-order chi connectivity index (χ0) is 9.14. The Balaban J connectivity index is 0.00000144. The zero-order valence-corrected chi connectivity index (χ0v) is 11.3. The molecular formula is C7H5BrFNaO2S. The molecule has 0 saturated heterocycles. The molecular weight excluding hydrogens is 270 g/mol. The predicted octanol–water partition coefficient (Wildman–Crippen LogP) is -1.03. The topological polar surface area (TPSA) is 40.1 Å². The Kier molecular flexibility index (Phi) is 6.62. The molecule has 0 bridgehead atoms. The van der Waals surface area contributed by atoms with Crippen molar-refractivity contribution < 1.29 is 42.7 Å². The monoisotopic (exact) mass is 274 g/mol. The number of rotatable bonds is 2. The molecule has 0 N–H and O–H groups in total. The van der Waals surface area contributed by atoms with Crippen LogP contribution in [0.5, 0.6) is 0 Å². The maximum Gasteiger partial charge on any atom is 1.00 e. The van der Waals surface area contributed by atoms with Crippen molar-refractivity contribution in [3.05, 3.63) is 34.1 Å². The van der Waals surface area contributed by atoms with Gasteiger partial charge in [0.15, 0.2) is 0 Å². The van der Waals surface area contributed by atoms with Crippen molar-refractivity contribution >= 4 is 27.0 Å². The second-order valence-corrected chi connectivity index (χ2v) is 3.93. The van der Waals surface area contributed by atoms with Gasteiger partial charge in [0, 0.05) is 10.2 Å². The summed E-state index contributed by atoms with van der Waals surface area (Å²) in [5.74, 6) is -0.483. The third-order valence-electron chi connectivity index (χ3n) is 1.29. The van der Waals surface area contributed by atoms with Gasteiger partial charge in [0.2, 0.25) is 0 Å². The van der Waals surface area contributed by atoms with Crippen molar-refractivity contribution in [3.63, 3.8) is 0 Å². The first kappa shape index (κ1) is 13.7. The smallest absolute Gasteiger partial charge is 0.772 e. The van der Waals surface area contributed by atoms with Crippen LogP contribution in [0.1, 0.15) is 5.56 Å². The Labute approximate surface area is 109 Å². The van der Waals surface area contributed by atoms with Crippen molar-refractivity contribution in [2.24, 2.45) is 0 Å². The van der Waals surface area contributed by atoms with Gasteiger partial charge in [-0.2, -0.15) is 0 Å². The first-order valence-corrected chi connectivity index (χ1v) is 5.13. The van der Waals surface area contributed by atoms with Crippen molar-refractivity contribution in [1.29, 1.82) is 0 Å². The average Bonchev–Trinajstić information content (AvgIpc) is 1.94. The van der Waals surface area contributed by atoms with Crippen LogP contribution in [-0.2, 0) is 16.8 Å². The van der Waals surface area contributed by atoms with Crippen molar-refractivity contribution in [2.75, 3.05) is 0 Å². The van der Waals surface area contributed by atoms with Crippen LogP contribution >= 0.6 is 15.9 Å². The predicted molar refractivity (Wildman–Crippen MR) is 46.7 cm³/mol. The standard InChI is InChI=1S/C7H6BrFO2S.Na/c8-7-3-6(9)2-1-5(7)4-12(10)11;/h1-3H,4H2,(H,10,11);/q;+1/p-1. The van der Waals surface area contributed by atoms with E-state index in [4.69, 9.17) is 0 Å². The van der Waals surface area contributed by atoms with Crippen LogP contribution in [0.25, 0.3) is 0 Å². The van der Waals surface area contributed by atoms with Gasteiger partial charge in [-0.25, -0.2) is 4.39 Å². The van der Waals surface area contributed by atoms with Crippen LogP contribution in [-0.4, -0.2) is 8.76 Å². The molecule has 0 amide bonds. The molecule has 13 heavy (non-hydrogen) atoms. The first-order valence-electron chi connectivity index (χ1n) is 3.09. The number of hydrogen-bond acceptors (Lipinski definition) is 2. The summed E-state index contributed by atoms with van der Waals surface area (Å²) in [5, 5.41) is 0. The summed E-state index contributed by atoms with van der Waals surface area (Å²) in [6.07, 6.45) is 0. The largest absolute Gasteiger partial charge is 1.00 e. The SMILES string of the molecule is O=S([O-])Cc1ccc(F)cc1Br.[Na+]. The minimum absolute atomic E-state index is 0. The molecule has 1 unspecified atom stereocenters. The summed E-state index contributed by atoms with van der Waals surface area (Å²) in [7, 11) is 0. The fourth-order valence-electron chi connectivity index (χ4n) is 0.766. The van der Waals surface area contributed by atoms with Crippen LogP contribution in [0.15, 0.2) is 22.7 Å². The molecule has 0 saturated carbocycles. The molecule has 0 fully saturated rings. The van der Waals surface area contributed by atoms with Gasteiger partial charge in [0.1, 0.15) is 5.82 Å². The Morgan fingerprint density at radius 1 is 1.54 bits per heavy atom. The van der Waals surface area contributed by atoms with Gasteiger partial charge in [-0.3, -0.25) is 4.21 Å². The van der Waals surface area contributed by atoms with E-state index < -0.39 is 11.1 Å².